The Balaban J connectivity index is 1.55. The molecular formula is C27H25N3O3S. The van der Waals surface area contributed by atoms with Gasteiger partial charge in [0.15, 0.2) is 5.11 Å². The summed E-state index contributed by atoms with van der Waals surface area (Å²) in [7, 11) is 1.66. The molecular weight excluding hydrogens is 446 g/mol. The molecule has 1 N–H and O–H groups in total. The average molecular weight is 472 g/mol. The van der Waals surface area contributed by atoms with E-state index in [-0.39, 0.29) is 12.1 Å². The highest BCUT2D eigenvalue weighted by Crippen LogP contribution is 2.43. The van der Waals surface area contributed by atoms with Crippen LogP contribution in [0.3, 0.4) is 0 Å². The van der Waals surface area contributed by atoms with Crippen molar-refractivity contribution in [3.63, 3.8) is 0 Å². The standard InChI is InChI=1S/C27H25N3O3S/c1-3-32-20-12-10-18(11-13-20)23-14-15-24(33-23)26-25(22-9-4-5-16-28-22)29-27(34)30(26)19-7-6-8-21(17-19)31-2/h4-17,25-26H,3H2,1-2H3,(H,29,34)/t25-,26-/m1/s1. The van der Waals surface area contributed by atoms with E-state index in [1.165, 1.54) is 0 Å². The number of pyridine rings is 1. The number of hydrogen-bond acceptors (Lipinski definition) is 5. The van der Waals surface area contributed by atoms with Crippen LogP contribution in [-0.2, 0) is 0 Å². The molecule has 1 saturated heterocycles. The SMILES string of the molecule is CCOc1ccc(-c2ccc([C@@H]3[C@@H](c4ccccn4)NC(=S)N3c3cccc(OC)c3)o2)cc1. The van der Waals surface area contributed by atoms with Crippen LogP contribution in [0.4, 0.5) is 5.69 Å². The maximum atomic E-state index is 6.42. The number of aromatic nitrogens is 1. The Morgan fingerprint density at radius 3 is 2.59 bits per heavy atom. The van der Waals surface area contributed by atoms with E-state index >= 15 is 0 Å². The van der Waals surface area contributed by atoms with Gasteiger partial charge in [-0.05, 0) is 79.8 Å². The van der Waals surface area contributed by atoms with Crippen molar-refractivity contribution in [1.29, 1.82) is 0 Å². The summed E-state index contributed by atoms with van der Waals surface area (Å²) in [6.45, 7) is 2.60. The molecule has 5 rings (SSSR count). The molecule has 172 valence electrons. The van der Waals surface area contributed by atoms with E-state index in [4.69, 9.17) is 26.1 Å². The van der Waals surface area contributed by atoms with Gasteiger partial charge >= 0.3 is 0 Å². The molecule has 0 amide bonds. The number of methoxy groups -OCH3 is 1. The van der Waals surface area contributed by atoms with Gasteiger partial charge in [-0.3, -0.25) is 4.98 Å². The van der Waals surface area contributed by atoms with Gasteiger partial charge in [0, 0.05) is 23.5 Å². The molecule has 1 aliphatic heterocycles. The second-order valence-corrected chi connectivity index (χ2v) is 8.24. The first kappa shape index (κ1) is 22.0. The summed E-state index contributed by atoms with van der Waals surface area (Å²) in [5.74, 6) is 3.16. The monoisotopic (exact) mass is 471 g/mol. The lowest BCUT2D eigenvalue weighted by Gasteiger charge is -2.26. The van der Waals surface area contributed by atoms with Gasteiger partial charge in [0.1, 0.15) is 29.1 Å². The second-order valence-electron chi connectivity index (χ2n) is 7.86. The molecule has 4 aromatic rings. The summed E-state index contributed by atoms with van der Waals surface area (Å²) in [4.78, 5) is 6.66. The van der Waals surface area contributed by atoms with Gasteiger partial charge in [-0.15, -0.1) is 0 Å². The Morgan fingerprint density at radius 1 is 1.00 bits per heavy atom. The van der Waals surface area contributed by atoms with Crippen LogP contribution in [0.15, 0.2) is 89.5 Å². The molecule has 2 aromatic heterocycles. The molecule has 1 aliphatic rings. The largest absolute Gasteiger partial charge is 0.497 e. The van der Waals surface area contributed by atoms with Crippen LogP contribution in [0.25, 0.3) is 11.3 Å². The Hall–Kier alpha value is -3.84. The van der Waals surface area contributed by atoms with Crippen LogP contribution in [0.5, 0.6) is 11.5 Å². The average Bonchev–Trinajstić information content (AvgIpc) is 3.50. The summed E-state index contributed by atoms with van der Waals surface area (Å²) < 4.78 is 17.4. The fourth-order valence-corrected chi connectivity index (χ4v) is 4.58. The maximum absolute atomic E-state index is 6.42. The molecule has 0 unspecified atom stereocenters. The van der Waals surface area contributed by atoms with Gasteiger partial charge < -0.3 is 24.1 Å². The third kappa shape index (κ3) is 4.22. The van der Waals surface area contributed by atoms with Gasteiger partial charge in [0.2, 0.25) is 0 Å². The van der Waals surface area contributed by atoms with E-state index in [1.54, 1.807) is 13.3 Å². The fourth-order valence-electron chi connectivity index (χ4n) is 4.23. The molecule has 0 radical (unpaired) electrons. The van der Waals surface area contributed by atoms with E-state index in [0.29, 0.717) is 11.7 Å². The van der Waals surface area contributed by atoms with Gasteiger partial charge in [0.05, 0.1) is 25.5 Å². The second kappa shape index (κ2) is 9.57. The predicted octanol–water partition coefficient (Wildman–Crippen LogP) is 5.93. The minimum atomic E-state index is -0.231. The lowest BCUT2D eigenvalue weighted by atomic mass is 10.0. The fraction of sp³-hybridized carbons (Fsp3) is 0.185. The van der Waals surface area contributed by atoms with Crippen LogP contribution in [-0.4, -0.2) is 23.8 Å². The van der Waals surface area contributed by atoms with E-state index in [2.05, 4.69) is 15.2 Å². The minimum Gasteiger partial charge on any atom is -0.497 e. The predicted molar refractivity (Wildman–Crippen MR) is 136 cm³/mol. The molecule has 0 bridgehead atoms. The summed E-state index contributed by atoms with van der Waals surface area (Å²) in [6.07, 6.45) is 1.79. The van der Waals surface area contributed by atoms with Crippen LogP contribution in [0.1, 0.15) is 30.5 Å². The number of furan rings is 1. The zero-order valence-corrected chi connectivity index (χ0v) is 19.8. The van der Waals surface area contributed by atoms with Crippen molar-refractivity contribution >= 4 is 23.0 Å². The molecule has 0 saturated carbocycles. The van der Waals surface area contributed by atoms with Crippen LogP contribution in [0, 0.1) is 0 Å². The number of benzene rings is 2. The van der Waals surface area contributed by atoms with Gasteiger partial charge in [0.25, 0.3) is 0 Å². The van der Waals surface area contributed by atoms with Crippen molar-refractivity contribution in [3.05, 3.63) is 96.5 Å². The van der Waals surface area contributed by atoms with E-state index in [9.17, 15) is 0 Å². The summed E-state index contributed by atoms with van der Waals surface area (Å²) >= 11 is 5.79. The normalized spacial score (nSPS) is 17.5. The summed E-state index contributed by atoms with van der Waals surface area (Å²) in [5.41, 5.74) is 2.78. The molecule has 34 heavy (non-hydrogen) atoms. The van der Waals surface area contributed by atoms with Gasteiger partial charge in [-0.25, -0.2) is 0 Å². The molecule has 0 aliphatic carbocycles. The number of nitrogens with zero attached hydrogens (tertiary/aromatic N) is 2. The van der Waals surface area contributed by atoms with Crippen LogP contribution < -0.4 is 19.7 Å². The number of thiocarbonyl (C=S) groups is 1. The van der Waals surface area contributed by atoms with E-state index in [1.807, 2.05) is 85.8 Å². The molecule has 6 nitrogen and oxygen atoms in total. The molecule has 3 heterocycles. The Kier molecular flexibility index (Phi) is 6.18. The minimum absolute atomic E-state index is 0.181. The molecule has 1 fully saturated rings. The maximum Gasteiger partial charge on any atom is 0.174 e. The van der Waals surface area contributed by atoms with Crippen molar-refractivity contribution in [3.8, 4) is 22.8 Å². The molecule has 2 aromatic carbocycles. The first-order chi connectivity index (χ1) is 16.7. The molecule has 2 atom stereocenters. The first-order valence-corrected chi connectivity index (χ1v) is 11.6. The highest BCUT2D eigenvalue weighted by atomic mass is 32.1. The summed E-state index contributed by atoms with van der Waals surface area (Å²) in [5, 5.41) is 4.06. The number of nitrogens with one attached hydrogen (secondary N) is 1. The smallest absolute Gasteiger partial charge is 0.174 e. The Labute approximate surface area is 204 Å². The molecule has 7 heteroatoms. The number of hydrogen-bond donors (Lipinski definition) is 1. The van der Waals surface area contributed by atoms with Gasteiger partial charge in [-0.1, -0.05) is 12.1 Å². The Bertz CT molecular complexity index is 1270. The Morgan fingerprint density at radius 2 is 1.85 bits per heavy atom. The highest BCUT2D eigenvalue weighted by molar-refractivity contribution is 7.80. The van der Waals surface area contributed by atoms with Crippen molar-refractivity contribution in [2.24, 2.45) is 0 Å². The molecule has 0 spiro atoms. The zero-order chi connectivity index (χ0) is 23.5. The topological polar surface area (TPSA) is 59.8 Å². The van der Waals surface area contributed by atoms with E-state index in [0.717, 1.165) is 40.0 Å². The summed E-state index contributed by atoms with van der Waals surface area (Å²) in [6, 6.07) is 25.2. The number of rotatable bonds is 7. The first-order valence-electron chi connectivity index (χ1n) is 11.2. The van der Waals surface area contributed by atoms with Gasteiger partial charge in [-0.2, -0.15) is 0 Å². The van der Waals surface area contributed by atoms with Crippen LogP contribution in [0.2, 0.25) is 0 Å². The third-order valence-electron chi connectivity index (χ3n) is 5.80. The number of anilines is 1. The zero-order valence-electron chi connectivity index (χ0n) is 19.0. The number of ether oxygens (including phenoxy) is 2. The van der Waals surface area contributed by atoms with Crippen LogP contribution >= 0.6 is 12.2 Å². The quantitative estimate of drug-likeness (QED) is 0.335. The lowest BCUT2D eigenvalue weighted by molar-refractivity contribution is 0.340. The van der Waals surface area contributed by atoms with E-state index < -0.39 is 0 Å². The van der Waals surface area contributed by atoms with Crippen molar-refractivity contribution in [1.82, 2.24) is 10.3 Å². The van der Waals surface area contributed by atoms with Crippen molar-refractivity contribution in [2.45, 2.75) is 19.0 Å². The van der Waals surface area contributed by atoms with Crippen molar-refractivity contribution < 1.29 is 13.9 Å². The van der Waals surface area contributed by atoms with Crippen molar-refractivity contribution in [2.75, 3.05) is 18.6 Å². The highest BCUT2D eigenvalue weighted by Gasteiger charge is 2.42. The lowest BCUT2D eigenvalue weighted by Crippen LogP contribution is -2.29. The third-order valence-corrected chi connectivity index (χ3v) is 6.11.